The Bertz CT molecular complexity index is 473. The fourth-order valence-corrected chi connectivity index (χ4v) is 2.92. The molecule has 0 aromatic heterocycles. The second-order valence-electron chi connectivity index (χ2n) is 5.93. The lowest BCUT2D eigenvalue weighted by atomic mass is 9.89. The van der Waals surface area contributed by atoms with Crippen LogP contribution in [-0.2, 0) is 4.79 Å². The summed E-state index contributed by atoms with van der Waals surface area (Å²) in [6, 6.07) is 5.97. The van der Waals surface area contributed by atoms with Gasteiger partial charge in [0.15, 0.2) is 0 Å². The Hall–Kier alpha value is -1.39. The molecule has 1 heterocycles. The molecule has 0 unspecified atom stereocenters. The normalized spacial score (nSPS) is 17.6. The Kier molecular flexibility index (Phi) is 4.45. The second-order valence-corrected chi connectivity index (χ2v) is 5.93. The average Bonchev–Trinajstić information content (AvgIpc) is 2.32. The fourth-order valence-electron chi connectivity index (χ4n) is 2.92. The van der Waals surface area contributed by atoms with Gasteiger partial charge in [-0.25, -0.2) is 0 Å². The third-order valence-corrected chi connectivity index (χ3v) is 3.86. The van der Waals surface area contributed by atoms with E-state index < -0.39 is 5.60 Å². The zero-order valence-electron chi connectivity index (χ0n) is 12.6. The Balaban J connectivity index is 1.86. The van der Waals surface area contributed by atoms with Crippen LogP contribution in [0.3, 0.4) is 0 Å². The van der Waals surface area contributed by atoms with Crippen molar-refractivity contribution in [2.45, 2.75) is 39.2 Å². The molecule has 1 amide bonds. The average molecular weight is 276 g/mol. The van der Waals surface area contributed by atoms with E-state index in [0.29, 0.717) is 19.6 Å². The van der Waals surface area contributed by atoms with Gasteiger partial charge in [-0.2, -0.15) is 0 Å². The van der Waals surface area contributed by atoms with Crippen LogP contribution in [0.4, 0.5) is 5.69 Å². The molecule has 1 aliphatic rings. The summed E-state index contributed by atoms with van der Waals surface area (Å²) in [6.45, 7) is 7.59. The molecule has 0 atom stereocenters. The SMILES string of the molecule is CCCC1(O)CN(CC(=O)Nc2c(C)cccc2C)C1. The predicted molar refractivity (Wildman–Crippen MR) is 80.8 cm³/mol. The van der Waals surface area contributed by atoms with Crippen molar-refractivity contribution in [1.82, 2.24) is 4.90 Å². The van der Waals surface area contributed by atoms with Gasteiger partial charge < -0.3 is 10.4 Å². The molecule has 0 radical (unpaired) electrons. The van der Waals surface area contributed by atoms with Gasteiger partial charge in [-0.3, -0.25) is 9.69 Å². The number of aryl methyl sites for hydroxylation is 2. The van der Waals surface area contributed by atoms with Gasteiger partial charge in [-0.05, 0) is 31.4 Å². The van der Waals surface area contributed by atoms with Crippen molar-refractivity contribution < 1.29 is 9.90 Å². The fraction of sp³-hybridized carbons (Fsp3) is 0.562. The zero-order valence-corrected chi connectivity index (χ0v) is 12.6. The Morgan fingerprint density at radius 3 is 2.50 bits per heavy atom. The first-order chi connectivity index (χ1) is 9.43. The molecule has 1 fully saturated rings. The first-order valence-electron chi connectivity index (χ1n) is 7.24. The van der Waals surface area contributed by atoms with Gasteiger partial charge in [-0.15, -0.1) is 0 Å². The third-order valence-electron chi connectivity index (χ3n) is 3.86. The van der Waals surface area contributed by atoms with Crippen molar-refractivity contribution in [3.63, 3.8) is 0 Å². The van der Waals surface area contributed by atoms with E-state index in [0.717, 1.165) is 29.7 Å². The Morgan fingerprint density at radius 1 is 1.35 bits per heavy atom. The molecule has 1 aromatic carbocycles. The largest absolute Gasteiger partial charge is 0.387 e. The molecule has 1 aliphatic heterocycles. The van der Waals surface area contributed by atoms with Crippen LogP contribution in [0.1, 0.15) is 30.9 Å². The highest BCUT2D eigenvalue weighted by Gasteiger charge is 2.40. The highest BCUT2D eigenvalue weighted by atomic mass is 16.3. The van der Waals surface area contributed by atoms with Crippen molar-refractivity contribution in [3.8, 4) is 0 Å². The van der Waals surface area contributed by atoms with Crippen LogP contribution in [0.2, 0.25) is 0 Å². The zero-order chi connectivity index (χ0) is 14.8. The minimum absolute atomic E-state index is 0.0130. The van der Waals surface area contributed by atoms with Crippen LogP contribution in [0, 0.1) is 13.8 Å². The van der Waals surface area contributed by atoms with E-state index >= 15 is 0 Å². The van der Waals surface area contributed by atoms with Crippen molar-refractivity contribution in [2.75, 3.05) is 25.0 Å². The van der Waals surface area contributed by atoms with Gasteiger partial charge in [-0.1, -0.05) is 31.5 Å². The van der Waals surface area contributed by atoms with Gasteiger partial charge in [0, 0.05) is 18.8 Å². The van der Waals surface area contributed by atoms with Crippen molar-refractivity contribution >= 4 is 11.6 Å². The van der Waals surface area contributed by atoms with E-state index in [1.807, 2.05) is 36.9 Å². The summed E-state index contributed by atoms with van der Waals surface area (Å²) in [5.74, 6) is -0.0130. The van der Waals surface area contributed by atoms with E-state index in [1.165, 1.54) is 0 Å². The van der Waals surface area contributed by atoms with Crippen LogP contribution in [0.15, 0.2) is 18.2 Å². The highest BCUT2D eigenvalue weighted by Crippen LogP contribution is 2.25. The van der Waals surface area contributed by atoms with Gasteiger partial charge in [0.25, 0.3) is 0 Å². The monoisotopic (exact) mass is 276 g/mol. The van der Waals surface area contributed by atoms with Crippen LogP contribution < -0.4 is 5.32 Å². The van der Waals surface area contributed by atoms with Gasteiger partial charge in [0.2, 0.25) is 5.91 Å². The van der Waals surface area contributed by atoms with E-state index in [-0.39, 0.29) is 5.91 Å². The van der Waals surface area contributed by atoms with Gasteiger partial charge >= 0.3 is 0 Å². The molecule has 0 bridgehead atoms. The van der Waals surface area contributed by atoms with Crippen LogP contribution in [0.5, 0.6) is 0 Å². The lowest BCUT2D eigenvalue weighted by Crippen LogP contribution is -2.62. The Morgan fingerprint density at radius 2 is 1.95 bits per heavy atom. The van der Waals surface area contributed by atoms with Gasteiger partial charge in [0.1, 0.15) is 0 Å². The number of anilines is 1. The van der Waals surface area contributed by atoms with Crippen molar-refractivity contribution in [1.29, 1.82) is 0 Å². The summed E-state index contributed by atoms with van der Waals surface area (Å²) in [5.41, 5.74) is 2.48. The third kappa shape index (κ3) is 3.38. The molecule has 0 aliphatic carbocycles. The van der Waals surface area contributed by atoms with Crippen molar-refractivity contribution in [2.24, 2.45) is 0 Å². The maximum atomic E-state index is 12.1. The summed E-state index contributed by atoms with van der Waals surface area (Å²) in [6.07, 6.45) is 1.78. The van der Waals surface area contributed by atoms with E-state index in [2.05, 4.69) is 12.2 Å². The number of rotatable bonds is 5. The Labute approximate surface area is 120 Å². The highest BCUT2D eigenvalue weighted by molar-refractivity contribution is 5.93. The van der Waals surface area contributed by atoms with E-state index in [1.54, 1.807) is 0 Å². The molecule has 2 rings (SSSR count). The molecule has 4 heteroatoms. The van der Waals surface area contributed by atoms with Crippen LogP contribution in [0.25, 0.3) is 0 Å². The summed E-state index contributed by atoms with van der Waals surface area (Å²) in [5, 5.41) is 13.1. The van der Waals surface area contributed by atoms with Crippen molar-refractivity contribution in [3.05, 3.63) is 29.3 Å². The second kappa shape index (κ2) is 5.94. The maximum Gasteiger partial charge on any atom is 0.238 e. The number of carbonyl (C=O) groups excluding carboxylic acids is 1. The molecule has 1 aromatic rings. The first-order valence-corrected chi connectivity index (χ1v) is 7.24. The lowest BCUT2D eigenvalue weighted by molar-refractivity contribution is -0.129. The predicted octanol–water partition coefficient (Wildman–Crippen LogP) is 2.09. The first kappa shape index (κ1) is 15.0. The number of hydrogen-bond donors (Lipinski definition) is 2. The summed E-state index contributed by atoms with van der Waals surface area (Å²) < 4.78 is 0. The quantitative estimate of drug-likeness (QED) is 0.866. The van der Waals surface area contributed by atoms with Crippen LogP contribution in [-0.4, -0.2) is 41.1 Å². The molecular formula is C16H24N2O2. The van der Waals surface area contributed by atoms with Crippen LogP contribution >= 0.6 is 0 Å². The smallest absolute Gasteiger partial charge is 0.238 e. The minimum Gasteiger partial charge on any atom is -0.387 e. The molecule has 1 saturated heterocycles. The number of nitrogens with zero attached hydrogens (tertiary/aromatic N) is 1. The number of aliphatic hydroxyl groups is 1. The molecule has 4 nitrogen and oxygen atoms in total. The molecule has 2 N–H and O–H groups in total. The summed E-state index contributed by atoms with van der Waals surface area (Å²) >= 11 is 0. The molecular weight excluding hydrogens is 252 g/mol. The standard InChI is InChI=1S/C16H24N2O2/c1-4-8-16(20)10-18(11-16)9-14(19)17-15-12(2)6-5-7-13(15)3/h5-7,20H,4,8-11H2,1-3H3,(H,17,19). The maximum absolute atomic E-state index is 12.1. The summed E-state index contributed by atoms with van der Waals surface area (Å²) in [7, 11) is 0. The molecule has 0 saturated carbocycles. The number of amides is 1. The number of likely N-dealkylation sites (tertiary alicyclic amines) is 1. The number of β-amino-alcohol motifs (C(OH)–C–C–N with tert-alkyl or cyclic N) is 1. The van der Waals surface area contributed by atoms with E-state index in [4.69, 9.17) is 0 Å². The van der Waals surface area contributed by atoms with E-state index in [9.17, 15) is 9.90 Å². The number of hydrogen-bond acceptors (Lipinski definition) is 3. The molecule has 20 heavy (non-hydrogen) atoms. The number of nitrogens with one attached hydrogen (secondary N) is 1. The lowest BCUT2D eigenvalue weighted by Gasteiger charge is -2.46. The molecule has 110 valence electrons. The number of carbonyl (C=O) groups is 1. The number of benzene rings is 1. The summed E-state index contributed by atoms with van der Waals surface area (Å²) in [4.78, 5) is 14.0. The van der Waals surface area contributed by atoms with Gasteiger partial charge in [0.05, 0.1) is 12.1 Å². The topological polar surface area (TPSA) is 52.6 Å². The number of para-hydroxylation sites is 1. The minimum atomic E-state index is -0.576. The molecule has 0 spiro atoms.